The van der Waals surface area contributed by atoms with Crippen LogP contribution in [-0.2, 0) is 14.8 Å². The van der Waals surface area contributed by atoms with Crippen molar-refractivity contribution in [1.29, 1.82) is 0 Å². The van der Waals surface area contributed by atoms with Gasteiger partial charge in [0.25, 0.3) is 0 Å². The molecule has 0 bridgehead atoms. The molecule has 0 aliphatic carbocycles. The number of benzene rings is 1. The summed E-state index contributed by atoms with van der Waals surface area (Å²) in [6.07, 6.45) is 1.95. The molecule has 0 spiro atoms. The first kappa shape index (κ1) is 19.2. The molecule has 0 amide bonds. The van der Waals surface area contributed by atoms with Gasteiger partial charge in [0.15, 0.2) is 0 Å². The number of hydrogen-bond acceptors (Lipinski definition) is 5. The van der Waals surface area contributed by atoms with Gasteiger partial charge >= 0.3 is 5.97 Å². The summed E-state index contributed by atoms with van der Waals surface area (Å²) >= 11 is 5.82. The molecule has 0 saturated carbocycles. The minimum atomic E-state index is -3.80. The van der Waals surface area contributed by atoms with Crippen LogP contribution in [0.3, 0.4) is 0 Å². The Kier molecular flexibility index (Phi) is 7.08. The largest absolute Gasteiger partial charge is 0.465 e. The van der Waals surface area contributed by atoms with Crippen molar-refractivity contribution in [2.45, 2.75) is 23.8 Å². The van der Waals surface area contributed by atoms with E-state index < -0.39 is 16.0 Å². The van der Waals surface area contributed by atoms with Gasteiger partial charge in [0.1, 0.15) is 0 Å². The first-order valence-corrected chi connectivity index (χ1v) is 8.41. The molecule has 2 rings (SSSR count). The summed E-state index contributed by atoms with van der Waals surface area (Å²) in [5.41, 5.74) is -0.0723. The molecular weight excluding hydrogens is 351 g/mol. The number of methoxy groups -OCH3 is 1. The molecule has 1 aromatic carbocycles. The SMILES string of the molecule is COC(=O)c1cc(Cl)ccc1S(=O)(=O)NCC1CCCN1.Cl. The lowest BCUT2D eigenvalue weighted by molar-refractivity contribution is 0.0596. The second-order valence-electron chi connectivity index (χ2n) is 4.78. The van der Waals surface area contributed by atoms with Crippen LogP contribution in [0.15, 0.2) is 23.1 Å². The molecule has 9 heteroatoms. The van der Waals surface area contributed by atoms with E-state index in [0.29, 0.717) is 0 Å². The first-order chi connectivity index (χ1) is 9.94. The van der Waals surface area contributed by atoms with Gasteiger partial charge in [-0.15, -0.1) is 12.4 Å². The number of halogens is 2. The Morgan fingerprint density at radius 2 is 2.23 bits per heavy atom. The Bertz CT molecular complexity index is 631. The molecule has 1 aliphatic heterocycles. The number of esters is 1. The van der Waals surface area contributed by atoms with E-state index in [1.54, 1.807) is 0 Å². The van der Waals surface area contributed by atoms with E-state index in [1.165, 1.54) is 25.3 Å². The maximum Gasteiger partial charge on any atom is 0.339 e. The number of carbonyl (C=O) groups excluding carboxylic acids is 1. The van der Waals surface area contributed by atoms with E-state index in [-0.39, 0.29) is 40.5 Å². The van der Waals surface area contributed by atoms with E-state index in [1.807, 2.05) is 0 Å². The second-order valence-corrected chi connectivity index (χ2v) is 6.95. The van der Waals surface area contributed by atoms with Gasteiger partial charge in [-0.2, -0.15) is 0 Å². The zero-order valence-corrected chi connectivity index (χ0v) is 14.4. The second kappa shape index (κ2) is 8.12. The molecule has 1 fully saturated rings. The van der Waals surface area contributed by atoms with Crippen LogP contribution in [0.25, 0.3) is 0 Å². The highest BCUT2D eigenvalue weighted by Crippen LogP contribution is 2.21. The Balaban J connectivity index is 0.00000242. The summed E-state index contributed by atoms with van der Waals surface area (Å²) in [6, 6.07) is 4.14. The normalized spacial score (nSPS) is 17.8. The van der Waals surface area contributed by atoms with Crippen molar-refractivity contribution in [3.05, 3.63) is 28.8 Å². The molecule has 0 aromatic heterocycles. The lowest BCUT2D eigenvalue weighted by atomic mass is 10.2. The van der Waals surface area contributed by atoms with Gasteiger partial charge in [-0.25, -0.2) is 17.9 Å². The number of ether oxygens (including phenoxy) is 1. The van der Waals surface area contributed by atoms with Gasteiger partial charge < -0.3 is 10.1 Å². The van der Waals surface area contributed by atoms with Crippen LogP contribution < -0.4 is 10.0 Å². The van der Waals surface area contributed by atoms with Crippen LogP contribution >= 0.6 is 24.0 Å². The molecule has 22 heavy (non-hydrogen) atoms. The quantitative estimate of drug-likeness (QED) is 0.770. The van der Waals surface area contributed by atoms with Crippen molar-refractivity contribution in [3.63, 3.8) is 0 Å². The third-order valence-electron chi connectivity index (χ3n) is 3.32. The third kappa shape index (κ3) is 4.57. The van der Waals surface area contributed by atoms with Gasteiger partial charge in [-0.1, -0.05) is 11.6 Å². The van der Waals surface area contributed by atoms with Gasteiger partial charge in [0, 0.05) is 17.6 Å². The molecule has 1 heterocycles. The minimum absolute atomic E-state index is 0. The van der Waals surface area contributed by atoms with Crippen LogP contribution in [0, 0.1) is 0 Å². The molecular formula is C13H18Cl2N2O4S. The van der Waals surface area contributed by atoms with Gasteiger partial charge in [-0.05, 0) is 37.6 Å². The number of hydrogen-bond donors (Lipinski definition) is 2. The molecule has 2 N–H and O–H groups in total. The van der Waals surface area contributed by atoms with Crippen molar-refractivity contribution in [1.82, 2.24) is 10.0 Å². The molecule has 6 nitrogen and oxygen atoms in total. The number of nitrogens with one attached hydrogen (secondary N) is 2. The highest BCUT2D eigenvalue weighted by atomic mass is 35.5. The Labute approximate surface area is 141 Å². The molecule has 1 saturated heterocycles. The van der Waals surface area contributed by atoms with Gasteiger partial charge in [-0.3, -0.25) is 0 Å². The van der Waals surface area contributed by atoms with Crippen LogP contribution in [0.2, 0.25) is 5.02 Å². The van der Waals surface area contributed by atoms with E-state index >= 15 is 0 Å². The highest BCUT2D eigenvalue weighted by molar-refractivity contribution is 7.89. The predicted molar refractivity (Wildman–Crippen MR) is 86.3 cm³/mol. The van der Waals surface area contributed by atoms with E-state index in [9.17, 15) is 13.2 Å². The Hall–Kier alpha value is -0.860. The van der Waals surface area contributed by atoms with Crippen molar-refractivity contribution in [3.8, 4) is 0 Å². The first-order valence-electron chi connectivity index (χ1n) is 6.55. The molecule has 0 radical (unpaired) electrons. The van der Waals surface area contributed by atoms with Crippen LogP contribution in [0.4, 0.5) is 0 Å². The fourth-order valence-electron chi connectivity index (χ4n) is 2.23. The van der Waals surface area contributed by atoms with Crippen molar-refractivity contribution in [2.24, 2.45) is 0 Å². The summed E-state index contributed by atoms with van der Waals surface area (Å²) in [5, 5.41) is 3.47. The molecule has 1 aromatic rings. The molecule has 1 atom stereocenters. The Morgan fingerprint density at radius 1 is 1.50 bits per heavy atom. The highest BCUT2D eigenvalue weighted by Gasteiger charge is 2.25. The van der Waals surface area contributed by atoms with Gasteiger partial charge in [0.05, 0.1) is 17.6 Å². The zero-order chi connectivity index (χ0) is 15.5. The summed E-state index contributed by atoms with van der Waals surface area (Å²) in [6.45, 7) is 1.17. The van der Waals surface area contributed by atoms with E-state index in [0.717, 1.165) is 19.4 Å². The lowest BCUT2D eigenvalue weighted by Gasteiger charge is -2.14. The Morgan fingerprint density at radius 3 is 2.82 bits per heavy atom. The van der Waals surface area contributed by atoms with E-state index in [2.05, 4.69) is 14.8 Å². The minimum Gasteiger partial charge on any atom is -0.465 e. The average Bonchev–Trinajstić information content (AvgIpc) is 2.97. The van der Waals surface area contributed by atoms with Crippen molar-refractivity contribution < 1.29 is 17.9 Å². The summed E-state index contributed by atoms with van der Waals surface area (Å²) < 4.78 is 31.8. The maximum atomic E-state index is 12.4. The molecule has 124 valence electrons. The van der Waals surface area contributed by atoms with E-state index in [4.69, 9.17) is 11.6 Å². The number of sulfonamides is 1. The summed E-state index contributed by atoms with van der Waals surface area (Å²) in [7, 11) is -2.61. The molecule has 1 unspecified atom stereocenters. The topological polar surface area (TPSA) is 84.5 Å². The molecule has 1 aliphatic rings. The summed E-state index contributed by atoms with van der Waals surface area (Å²) in [4.78, 5) is 11.6. The maximum absolute atomic E-state index is 12.4. The third-order valence-corrected chi connectivity index (χ3v) is 5.04. The standard InChI is InChI=1S/C13H17ClN2O4S.ClH/c1-20-13(17)11-7-9(14)4-5-12(11)21(18,19)16-8-10-3-2-6-15-10;/h4-5,7,10,15-16H,2-3,6,8H2,1H3;1H. The fourth-order valence-corrected chi connectivity index (χ4v) is 3.65. The monoisotopic (exact) mass is 368 g/mol. The van der Waals surface area contributed by atoms with Crippen LogP contribution in [0.5, 0.6) is 0 Å². The van der Waals surface area contributed by atoms with Crippen LogP contribution in [-0.4, -0.2) is 40.6 Å². The zero-order valence-electron chi connectivity index (χ0n) is 12.0. The lowest BCUT2D eigenvalue weighted by Crippen LogP contribution is -2.37. The predicted octanol–water partition coefficient (Wildman–Crippen LogP) is 1.58. The van der Waals surface area contributed by atoms with Crippen molar-refractivity contribution >= 4 is 40.0 Å². The number of rotatable bonds is 5. The summed E-state index contributed by atoms with van der Waals surface area (Å²) in [5.74, 6) is -0.739. The van der Waals surface area contributed by atoms with Gasteiger partial charge in [0.2, 0.25) is 10.0 Å². The fraction of sp³-hybridized carbons (Fsp3) is 0.462. The number of carbonyl (C=O) groups is 1. The average molecular weight is 369 g/mol. The smallest absolute Gasteiger partial charge is 0.339 e. The van der Waals surface area contributed by atoms with Crippen molar-refractivity contribution in [2.75, 3.05) is 20.2 Å². The van der Waals surface area contributed by atoms with Crippen LogP contribution in [0.1, 0.15) is 23.2 Å².